The third-order valence-corrected chi connectivity index (χ3v) is 4.25. The van der Waals surface area contributed by atoms with Gasteiger partial charge in [-0.15, -0.1) is 5.10 Å². The van der Waals surface area contributed by atoms with Gasteiger partial charge in [0.25, 0.3) is 0 Å². The summed E-state index contributed by atoms with van der Waals surface area (Å²) in [6.45, 7) is 4.19. The van der Waals surface area contributed by atoms with Crippen LogP contribution in [-0.4, -0.2) is 26.2 Å². The highest BCUT2D eigenvalue weighted by atomic mass is 15.5. The van der Waals surface area contributed by atoms with Crippen LogP contribution in [0.15, 0.2) is 24.3 Å². The Bertz CT molecular complexity index is 577. The first-order chi connectivity index (χ1) is 9.78. The Morgan fingerprint density at radius 1 is 1.35 bits per heavy atom. The van der Waals surface area contributed by atoms with Crippen molar-refractivity contribution in [3.05, 3.63) is 30.1 Å². The van der Waals surface area contributed by atoms with Gasteiger partial charge in [-0.1, -0.05) is 25.8 Å². The van der Waals surface area contributed by atoms with E-state index in [0.29, 0.717) is 6.04 Å². The predicted octanol–water partition coefficient (Wildman–Crippen LogP) is 2.96. The molecule has 1 saturated carbocycles. The van der Waals surface area contributed by atoms with Crippen LogP contribution in [0.1, 0.15) is 38.4 Å². The van der Waals surface area contributed by atoms with Crippen LogP contribution < -0.4 is 5.32 Å². The smallest absolute Gasteiger partial charge is 0.153 e. The van der Waals surface area contributed by atoms with Crippen molar-refractivity contribution in [1.29, 1.82) is 0 Å². The molecule has 0 spiro atoms. The molecule has 2 aromatic rings. The Labute approximate surface area is 119 Å². The maximum atomic E-state index is 4.02. The Kier molecular flexibility index (Phi) is 3.67. The largest absolute Gasteiger partial charge is 0.382 e. The van der Waals surface area contributed by atoms with Crippen molar-refractivity contribution in [2.75, 3.05) is 5.32 Å². The summed E-state index contributed by atoms with van der Waals surface area (Å²) < 4.78 is 1.76. The summed E-state index contributed by atoms with van der Waals surface area (Å²) in [4.78, 5) is 0. The van der Waals surface area contributed by atoms with Gasteiger partial charge in [0.05, 0.1) is 5.69 Å². The molecule has 0 bridgehead atoms. The summed E-state index contributed by atoms with van der Waals surface area (Å²) in [5.74, 6) is 1.60. The fourth-order valence-corrected chi connectivity index (χ4v) is 3.13. The highest BCUT2D eigenvalue weighted by Gasteiger charge is 2.25. The molecule has 1 N–H and O–H groups in total. The molecule has 0 saturated heterocycles. The van der Waals surface area contributed by atoms with Gasteiger partial charge in [0.2, 0.25) is 0 Å². The van der Waals surface area contributed by atoms with Crippen LogP contribution in [-0.2, 0) is 0 Å². The van der Waals surface area contributed by atoms with Gasteiger partial charge < -0.3 is 5.32 Å². The van der Waals surface area contributed by atoms with E-state index in [1.54, 1.807) is 4.68 Å². The highest BCUT2D eigenvalue weighted by Crippen LogP contribution is 2.31. The van der Waals surface area contributed by atoms with E-state index >= 15 is 0 Å². The molecule has 2 atom stereocenters. The number of hydrogen-bond acceptors (Lipinski definition) is 4. The fraction of sp³-hybridized carbons (Fsp3) is 0.533. The molecule has 5 heteroatoms. The zero-order chi connectivity index (χ0) is 13.9. The van der Waals surface area contributed by atoms with Crippen molar-refractivity contribution in [1.82, 2.24) is 20.2 Å². The van der Waals surface area contributed by atoms with Crippen LogP contribution >= 0.6 is 0 Å². The average molecular weight is 271 g/mol. The van der Waals surface area contributed by atoms with Crippen LogP contribution in [0, 0.1) is 12.8 Å². The maximum Gasteiger partial charge on any atom is 0.153 e. The summed E-state index contributed by atoms with van der Waals surface area (Å²) in [6.07, 6.45) is 5.21. The van der Waals surface area contributed by atoms with E-state index in [2.05, 4.69) is 46.0 Å². The van der Waals surface area contributed by atoms with Gasteiger partial charge in [0.1, 0.15) is 0 Å². The van der Waals surface area contributed by atoms with E-state index in [-0.39, 0.29) is 0 Å². The standard InChI is InChI=1S/C15H21N5/c1-3-12-6-4-9-15(12)16-13-7-5-8-14(10-13)20-11(2)17-18-19-20/h5,7-8,10,12,15-16H,3-4,6,9H2,1-2H3. The zero-order valence-electron chi connectivity index (χ0n) is 12.1. The van der Waals surface area contributed by atoms with E-state index in [1.165, 1.54) is 25.7 Å². The highest BCUT2D eigenvalue weighted by molar-refractivity contribution is 5.51. The molecule has 1 aliphatic carbocycles. The number of anilines is 1. The van der Waals surface area contributed by atoms with Crippen molar-refractivity contribution in [3.63, 3.8) is 0 Å². The van der Waals surface area contributed by atoms with Crippen LogP contribution in [0.2, 0.25) is 0 Å². The molecule has 0 amide bonds. The molecule has 106 valence electrons. The van der Waals surface area contributed by atoms with Crippen molar-refractivity contribution < 1.29 is 0 Å². The lowest BCUT2D eigenvalue weighted by molar-refractivity contribution is 0.489. The van der Waals surface area contributed by atoms with Gasteiger partial charge in [0.15, 0.2) is 5.82 Å². The van der Waals surface area contributed by atoms with Crippen molar-refractivity contribution in [2.24, 2.45) is 5.92 Å². The topological polar surface area (TPSA) is 55.6 Å². The van der Waals surface area contributed by atoms with Crippen molar-refractivity contribution in [3.8, 4) is 5.69 Å². The van der Waals surface area contributed by atoms with Gasteiger partial charge in [-0.05, 0) is 54.3 Å². The molecule has 5 nitrogen and oxygen atoms in total. The first-order valence-electron chi connectivity index (χ1n) is 7.40. The monoisotopic (exact) mass is 271 g/mol. The molecule has 1 aromatic heterocycles. The number of tetrazole rings is 1. The van der Waals surface area contributed by atoms with Gasteiger partial charge >= 0.3 is 0 Å². The number of hydrogen-bond donors (Lipinski definition) is 1. The Balaban J connectivity index is 1.80. The third kappa shape index (κ3) is 2.53. The van der Waals surface area contributed by atoms with Gasteiger partial charge in [-0.2, -0.15) is 4.68 Å². The summed E-state index contributed by atoms with van der Waals surface area (Å²) in [6, 6.07) is 8.92. The molecule has 0 radical (unpaired) electrons. The average Bonchev–Trinajstić information content (AvgIpc) is 3.08. The minimum atomic E-state index is 0.602. The molecule has 1 heterocycles. The van der Waals surface area contributed by atoms with E-state index in [0.717, 1.165) is 23.1 Å². The number of benzene rings is 1. The number of nitrogens with one attached hydrogen (secondary N) is 1. The van der Waals surface area contributed by atoms with Crippen LogP contribution in [0.25, 0.3) is 5.69 Å². The molecule has 1 fully saturated rings. The second-order valence-corrected chi connectivity index (χ2v) is 5.54. The van der Waals surface area contributed by atoms with Crippen LogP contribution in [0.3, 0.4) is 0 Å². The lowest BCUT2D eigenvalue weighted by atomic mass is 10.0. The van der Waals surface area contributed by atoms with Crippen molar-refractivity contribution in [2.45, 2.75) is 45.6 Å². The van der Waals surface area contributed by atoms with E-state index < -0.39 is 0 Å². The minimum absolute atomic E-state index is 0.602. The molecule has 2 unspecified atom stereocenters. The summed E-state index contributed by atoms with van der Waals surface area (Å²) in [7, 11) is 0. The molecule has 1 aromatic carbocycles. The molecule has 3 rings (SSSR count). The van der Waals surface area contributed by atoms with E-state index in [4.69, 9.17) is 0 Å². The lowest BCUT2D eigenvalue weighted by Gasteiger charge is -2.21. The lowest BCUT2D eigenvalue weighted by Crippen LogP contribution is -2.23. The summed E-state index contributed by atoms with van der Waals surface area (Å²) in [5.41, 5.74) is 2.16. The quantitative estimate of drug-likeness (QED) is 0.929. The van der Waals surface area contributed by atoms with Crippen molar-refractivity contribution >= 4 is 5.69 Å². The Hall–Kier alpha value is -1.91. The fourth-order valence-electron chi connectivity index (χ4n) is 3.13. The third-order valence-electron chi connectivity index (χ3n) is 4.25. The maximum absolute atomic E-state index is 4.02. The number of nitrogens with zero attached hydrogens (tertiary/aromatic N) is 4. The first-order valence-corrected chi connectivity index (χ1v) is 7.40. The van der Waals surface area contributed by atoms with E-state index in [1.807, 2.05) is 13.0 Å². The second kappa shape index (κ2) is 5.61. The first kappa shape index (κ1) is 13.1. The Morgan fingerprint density at radius 3 is 3.00 bits per heavy atom. The number of aryl methyl sites for hydroxylation is 1. The Morgan fingerprint density at radius 2 is 2.25 bits per heavy atom. The zero-order valence-corrected chi connectivity index (χ0v) is 12.1. The number of aromatic nitrogens is 4. The molecular weight excluding hydrogens is 250 g/mol. The minimum Gasteiger partial charge on any atom is -0.382 e. The molecule has 20 heavy (non-hydrogen) atoms. The second-order valence-electron chi connectivity index (χ2n) is 5.54. The van der Waals surface area contributed by atoms with Gasteiger partial charge in [0, 0.05) is 11.7 Å². The van der Waals surface area contributed by atoms with Crippen LogP contribution in [0.5, 0.6) is 0 Å². The summed E-state index contributed by atoms with van der Waals surface area (Å²) in [5, 5.41) is 15.3. The summed E-state index contributed by atoms with van der Waals surface area (Å²) >= 11 is 0. The predicted molar refractivity (Wildman–Crippen MR) is 78.9 cm³/mol. The SMILES string of the molecule is CCC1CCCC1Nc1cccc(-n2nnnc2C)c1. The molecule has 1 aliphatic rings. The van der Waals surface area contributed by atoms with Gasteiger partial charge in [-0.25, -0.2) is 0 Å². The van der Waals surface area contributed by atoms with Crippen LogP contribution in [0.4, 0.5) is 5.69 Å². The molecular formula is C15H21N5. The normalized spacial score (nSPS) is 22.1. The molecule has 0 aliphatic heterocycles. The van der Waals surface area contributed by atoms with Gasteiger partial charge in [-0.3, -0.25) is 0 Å². The number of rotatable bonds is 4. The van der Waals surface area contributed by atoms with E-state index in [9.17, 15) is 0 Å².